The average molecular weight is 292 g/mol. The Morgan fingerprint density at radius 2 is 2.00 bits per heavy atom. The monoisotopic (exact) mass is 292 g/mol. The highest BCUT2D eigenvalue weighted by atomic mass is 16.2. The largest absolute Gasteiger partial charge is 0.364 e. The molecule has 0 bridgehead atoms. The van der Waals surface area contributed by atoms with Crippen molar-refractivity contribution in [2.24, 2.45) is 11.7 Å². The van der Waals surface area contributed by atoms with Crippen molar-refractivity contribution in [3.63, 3.8) is 0 Å². The van der Waals surface area contributed by atoms with E-state index >= 15 is 0 Å². The number of amides is 2. The van der Waals surface area contributed by atoms with Crippen LogP contribution in [0.2, 0.25) is 0 Å². The van der Waals surface area contributed by atoms with Gasteiger partial charge in [0.05, 0.1) is 0 Å². The lowest BCUT2D eigenvalue weighted by Gasteiger charge is -2.33. The number of nitrogens with two attached hydrogens (primary N) is 1. The molecule has 1 fully saturated rings. The maximum Gasteiger partial charge on any atom is 0.269 e. The summed E-state index contributed by atoms with van der Waals surface area (Å²) in [4.78, 5) is 25.4. The highest BCUT2D eigenvalue weighted by Crippen LogP contribution is 2.28. The van der Waals surface area contributed by atoms with Gasteiger partial charge in [0.1, 0.15) is 5.69 Å². The summed E-state index contributed by atoms with van der Waals surface area (Å²) in [5, 5.41) is 6.81. The standard InChI is InChI=1S/C15H24N4O2/c1-3-10(4-2)15(21)19-7-5-11(6-8-19)12-9-13(14(16)20)18-17-12/h9-11H,3-8H2,1-2H3,(H2,16,20)(H,17,18). The van der Waals surface area contributed by atoms with Gasteiger partial charge in [-0.1, -0.05) is 13.8 Å². The van der Waals surface area contributed by atoms with Gasteiger partial charge in [-0.2, -0.15) is 5.10 Å². The summed E-state index contributed by atoms with van der Waals surface area (Å²) in [5.41, 5.74) is 6.43. The molecule has 0 spiro atoms. The fraction of sp³-hybridized carbons (Fsp3) is 0.667. The first-order chi connectivity index (χ1) is 10.1. The van der Waals surface area contributed by atoms with Gasteiger partial charge >= 0.3 is 0 Å². The topological polar surface area (TPSA) is 92.1 Å². The van der Waals surface area contributed by atoms with Crippen molar-refractivity contribution >= 4 is 11.8 Å². The van der Waals surface area contributed by atoms with E-state index in [0.29, 0.717) is 5.92 Å². The molecule has 21 heavy (non-hydrogen) atoms. The Labute approximate surface area is 125 Å². The highest BCUT2D eigenvalue weighted by Gasteiger charge is 2.28. The molecule has 2 rings (SSSR count). The molecule has 116 valence electrons. The molecule has 1 aliphatic rings. The van der Waals surface area contributed by atoms with Crippen LogP contribution in [0.25, 0.3) is 0 Å². The van der Waals surface area contributed by atoms with Crippen LogP contribution in [0.1, 0.15) is 61.6 Å². The van der Waals surface area contributed by atoms with E-state index < -0.39 is 5.91 Å². The summed E-state index contributed by atoms with van der Waals surface area (Å²) in [6.45, 7) is 5.67. The number of H-pyrrole nitrogens is 1. The maximum atomic E-state index is 12.3. The molecular formula is C15H24N4O2. The molecule has 1 aromatic rings. The fourth-order valence-corrected chi connectivity index (χ4v) is 2.98. The van der Waals surface area contributed by atoms with E-state index in [0.717, 1.165) is 44.5 Å². The number of carbonyl (C=O) groups excluding carboxylic acids is 2. The first kappa shape index (κ1) is 15.5. The minimum Gasteiger partial charge on any atom is -0.364 e. The molecule has 0 aromatic carbocycles. The quantitative estimate of drug-likeness (QED) is 0.864. The number of carbonyl (C=O) groups is 2. The van der Waals surface area contributed by atoms with Crippen molar-refractivity contribution in [2.45, 2.75) is 45.4 Å². The van der Waals surface area contributed by atoms with Crippen molar-refractivity contribution in [3.8, 4) is 0 Å². The third-order valence-electron chi connectivity index (χ3n) is 4.43. The molecule has 0 aliphatic carbocycles. The maximum absolute atomic E-state index is 12.3. The molecule has 0 saturated carbocycles. The Hall–Kier alpha value is -1.85. The van der Waals surface area contributed by atoms with E-state index in [-0.39, 0.29) is 17.5 Å². The number of primary amides is 1. The SMILES string of the molecule is CCC(CC)C(=O)N1CCC(c2cc(C(N)=O)n[nH]2)CC1. The predicted octanol–water partition coefficient (Wildman–Crippen LogP) is 1.65. The number of nitrogens with zero attached hydrogens (tertiary/aromatic N) is 2. The van der Waals surface area contributed by atoms with Crippen LogP contribution in [-0.4, -0.2) is 40.0 Å². The van der Waals surface area contributed by atoms with E-state index in [1.165, 1.54) is 0 Å². The normalized spacial score (nSPS) is 16.4. The number of aromatic nitrogens is 2. The van der Waals surface area contributed by atoms with E-state index in [9.17, 15) is 9.59 Å². The minimum absolute atomic E-state index is 0.148. The van der Waals surface area contributed by atoms with Crippen LogP contribution in [0, 0.1) is 5.92 Å². The van der Waals surface area contributed by atoms with Crippen LogP contribution < -0.4 is 5.73 Å². The molecule has 0 atom stereocenters. The van der Waals surface area contributed by atoms with Crippen LogP contribution in [0.3, 0.4) is 0 Å². The smallest absolute Gasteiger partial charge is 0.269 e. The second-order valence-electron chi connectivity index (χ2n) is 5.69. The number of nitrogens with one attached hydrogen (secondary N) is 1. The Bertz CT molecular complexity index is 500. The number of aromatic amines is 1. The lowest BCUT2D eigenvalue weighted by Crippen LogP contribution is -2.41. The Morgan fingerprint density at radius 1 is 1.38 bits per heavy atom. The van der Waals surface area contributed by atoms with Crippen molar-refractivity contribution < 1.29 is 9.59 Å². The van der Waals surface area contributed by atoms with Gasteiger partial charge in [0, 0.05) is 30.6 Å². The first-order valence-electron chi connectivity index (χ1n) is 7.70. The number of rotatable bonds is 5. The summed E-state index contributed by atoms with van der Waals surface area (Å²) in [6.07, 6.45) is 3.59. The zero-order valence-electron chi connectivity index (χ0n) is 12.8. The number of hydrogen-bond donors (Lipinski definition) is 2. The van der Waals surface area contributed by atoms with Gasteiger partial charge in [-0.15, -0.1) is 0 Å². The number of likely N-dealkylation sites (tertiary alicyclic amines) is 1. The summed E-state index contributed by atoms with van der Waals surface area (Å²) >= 11 is 0. The van der Waals surface area contributed by atoms with Gasteiger partial charge in [0.2, 0.25) is 5.91 Å². The molecule has 0 radical (unpaired) electrons. The molecular weight excluding hydrogens is 268 g/mol. The van der Waals surface area contributed by atoms with Crippen LogP contribution >= 0.6 is 0 Å². The zero-order valence-corrected chi connectivity index (χ0v) is 12.8. The van der Waals surface area contributed by atoms with Crippen LogP contribution in [0.5, 0.6) is 0 Å². The van der Waals surface area contributed by atoms with Gasteiger partial charge in [-0.3, -0.25) is 14.7 Å². The number of hydrogen-bond acceptors (Lipinski definition) is 3. The van der Waals surface area contributed by atoms with E-state index in [4.69, 9.17) is 5.73 Å². The lowest BCUT2D eigenvalue weighted by molar-refractivity contribution is -0.136. The summed E-state index contributed by atoms with van der Waals surface area (Å²) in [6, 6.07) is 1.73. The van der Waals surface area contributed by atoms with Crippen LogP contribution in [0.4, 0.5) is 0 Å². The molecule has 6 heteroatoms. The Morgan fingerprint density at radius 3 is 2.48 bits per heavy atom. The van der Waals surface area contributed by atoms with Crippen LogP contribution in [-0.2, 0) is 4.79 Å². The van der Waals surface area contributed by atoms with Gasteiger partial charge in [-0.25, -0.2) is 0 Å². The van der Waals surface area contributed by atoms with Gasteiger partial charge in [0.15, 0.2) is 0 Å². The second kappa shape index (κ2) is 6.74. The molecule has 2 heterocycles. The minimum atomic E-state index is -0.515. The van der Waals surface area contributed by atoms with Gasteiger partial charge in [0.25, 0.3) is 5.91 Å². The summed E-state index contributed by atoms with van der Waals surface area (Å²) in [5.74, 6) is 0.228. The third-order valence-corrected chi connectivity index (χ3v) is 4.43. The molecule has 0 unspecified atom stereocenters. The highest BCUT2D eigenvalue weighted by molar-refractivity contribution is 5.90. The molecule has 6 nitrogen and oxygen atoms in total. The number of piperidine rings is 1. The molecule has 2 amide bonds. The first-order valence-corrected chi connectivity index (χ1v) is 7.70. The fourth-order valence-electron chi connectivity index (χ4n) is 2.98. The Kier molecular flexibility index (Phi) is 4.98. The zero-order chi connectivity index (χ0) is 15.4. The molecule has 1 saturated heterocycles. The third kappa shape index (κ3) is 3.43. The van der Waals surface area contributed by atoms with Crippen molar-refractivity contribution in [1.82, 2.24) is 15.1 Å². The van der Waals surface area contributed by atoms with E-state index in [1.54, 1.807) is 6.07 Å². The van der Waals surface area contributed by atoms with E-state index in [1.807, 2.05) is 4.90 Å². The molecule has 3 N–H and O–H groups in total. The van der Waals surface area contributed by atoms with Crippen molar-refractivity contribution in [1.29, 1.82) is 0 Å². The second-order valence-corrected chi connectivity index (χ2v) is 5.69. The summed E-state index contributed by atoms with van der Waals surface area (Å²) in [7, 11) is 0. The summed E-state index contributed by atoms with van der Waals surface area (Å²) < 4.78 is 0. The molecule has 1 aromatic heterocycles. The molecule has 1 aliphatic heterocycles. The van der Waals surface area contributed by atoms with Gasteiger partial charge in [-0.05, 0) is 31.7 Å². The average Bonchev–Trinajstić information content (AvgIpc) is 2.98. The predicted molar refractivity (Wildman–Crippen MR) is 79.7 cm³/mol. The van der Waals surface area contributed by atoms with E-state index in [2.05, 4.69) is 24.0 Å². The Balaban J connectivity index is 1.93. The van der Waals surface area contributed by atoms with Crippen LogP contribution in [0.15, 0.2) is 6.07 Å². The lowest BCUT2D eigenvalue weighted by atomic mass is 9.92. The van der Waals surface area contributed by atoms with Crippen molar-refractivity contribution in [3.05, 3.63) is 17.5 Å². The van der Waals surface area contributed by atoms with Crippen molar-refractivity contribution in [2.75, 3.05) is 13.1 Å². The van der Waals surface area contributed by atoms with Gasteiger partial charge < -0.3 is 10.6 Å².